The Bertz CT molecular complexity index is 277. The van der Waals surface area contributed by atoms with Gasteiger partial charge in [0.25, 0.3) is 0 Å². The average Bonchev–Trinajstić information content (AvgIpc) is 2.23. The van der Waals surface area contributed by atoms with Gasteiger partial charge in [0.1, 0.15) is 0 Å². The molecule has 1 aliphatic carbocycles. The van der Waals surface area contributed by atoms with Crippen LogP contribution in [0, 0.1) is 11.8 Å². The fraction of sp³-hybridized carbons (Fsp3) is 0.833. The molecule has 0 aromatic rings. The van der Waals surface area contributed by atoms with Gasteiger partial charge in [-0.3, -0.25) is 4.79 Å². The van der Waals surface area contributed by atoms with Crippen LogP contribution in [-0.4, -0.2) is 42.1 Å². The molecule has 0 bridgehead atoms. The van der Waals surface area contributed by atoms with E-state index >= 15 is 0 Å². The minimum Gasteiger partial charge on any atom is -0.481 e. The summed E-state index contributed by atoms with van der Waals surface area (Å²) >= 11 is 0. The first-order valence-corrected chi connectivity index (χ1v) is 6.26. The fourth-order valence-electron chi connectivity index (χ4n) is 1.90. The highest BCUT2D eigenvalue weighted by Crippen LogP contribution is 2.26. The Morgan fingerprint density at radius 2 is 2.12 bits per heavy atom. The lowest BCUT2D eigenvalue weighted by molar-refractivity contribution is -0.141. The van der Waals surface area contributed by atoms with E-state index in [-0.39, 0.29) is 12.6 Å². The Kier molecular flexibility index (Phi) is 5.25. The molecule has 0 heterocycles. The van der Waals surface area contributed by atoms with Gasteiger partial charge in [-0.2, -0.15) is 0 Å². The SMILES string of the molecule is CCC(CNC(=O)N(C)CC1CCC1)C(=O)O. The van der Waals surface area contributed by atoms with Crippen molar-refractivity contribution in [2.45, 2.75) is 32.6 Å². The third kappa shape index (κ3) is 4.24. The number of carboxylic acids is 1. The molecule has 5 heteroatoms. The molecule has 1 unspecified atom stereocenters. The predicted octanol–water partition coefficient (Wildman–Crippen LogP) is 1.54. The molecular weight excluding hydrogens is 220 g/mol. The molecular formula is C12H22N2O3. The second kappa shape index (κ2) is 6.47. The van der Waals surface area contributed by atoms with Crippen LogP contribution in [0.2, 0.25) is 0 Å². The minimum absolute atomic E-state index is 0.170. The number of urea groups is 1. The topological polar surface area (TPSA) is 69.6 Å². The van der Waals surface area contributed by atoms with Gasteiger partial charge in [-0.1, -0.05) is 13.3 Å². The van der Waals surface area contributed by atoms with Gasteiger partial charge >= 0.3 is 12.0 Å². The van der Waals surface area contributed by atoms with Crippen molar-refractivity contribution < 1.29 is 14.7 Å². The van der Waals surface area contributed by atoms with Gasteiger partial charge in [-0.15, -0.1) is 0 Å². The first kappa shape index (κ1) is 13.8. The Labute approximate surface area is 102 Å². The standard InChI is InChI=1S/C12H22N2O3/c1-3-10(11(15)16)7-13-12(17)14(2)8-9-5-4-6-9/h9-10H,3-8H2,1-2H3,(H,13,17)(H,15,16). The smallest absolute Gasteiger partial charge is 0.317 e. The van der Waals surface area contributed by atoms with Crippen molar-refractivity contribution in [1.29, 1.82) is 0 Å². The molecule has 2 N–H and O–H groups in total. The van der Waals surface area contributed by atoms with E-state index in [0.29, 0.717) is 12.3 Å². The number of aliphatic carboxylic acids is 1. The number of carboxylic acid groups (broad SMARTS) is 1. The van der Waals surface area contributed by atoms with Crippen LogP contribution < -0.4 is 5.32 Å². The van der Waals surface area contributed by atoms with E-state index in [4.69, 9.17) is 5.11 Å². The van der Waals surface area contributed by atoms with E-state index in [1.54, 1.807) is 11.9 Å². The van der Waals surface area contributed by atoms with E-state index < -0.39 is 11.9 Å². The summed E-state index contributed by atoms with van der Waals surface area (Å²) in [5.41, 5.74) is 0. The minimum atomic E-state index is -0.852. The van der Waals surface area contributed by atoms with Crippen LogP contribution in [0.1, 0.15) is 32.6 Å². The number of rotatable bonds is 6. The lowest BCUT2D eigenvalue weighted by atomic mass is 9.85. The summed E-state index contributed by atoms with van der Waals surface area (Å²) in [7, 11) is 1.76. The third-order valence-electron chi connectivity index (χ3n) is 3.45. The summed E-state index contributed by atoms with van der Waals surface area (Å²) < 4.78 is 0. The van der Waals surface area contributed by atoms with Gasteiger partial charge in [-0.05, 0) is 25.2 Å². The summed E-state index contributed by atoms with van der Waals surface area (Å²) in [6, 6.07) is -0.170. The highest BCUT2D eigenvalue weighted by Gasteiger charge is 2.22. The van der Waals surface area contributed by atoms with Crippen molar-refractivity contribution in [3.05, 3.63) is 0 Å². The number of amides is 2. The number of nitrogens with zero attached hydrogens (tertiary/aromatic N) is 1. The monoisotopic (exact) mass is 242 g/mol. The highest BCUT2D eigenvalue weighted by molar-refractivity contribution is 5.75. The first-order chi connectivity index (χ1) is 8.04. The van der Waals surface area contributed by atoms with E-state index in [1.807, 2.05) is 6.92 Å². The predicted molar refractivity (Wildman–Crippen MR) is 64.8 cm³/mol. The largest absolute Gasteiger partial charge is 0.481 e. The van der Waals surface area contributed by atoms with Crippen molar-refractivity contribution in [1.82, 2.24) is 10.2 Å². The molecule has 1 aliphatic rings. The van der Waals surface area contributed by atoms with Crippen LogP contribution in [0.25, 0.3) is 0 Å². The van der Waals surface area contributed by atoms with Crippen LogP contribution in [0.5, 0.6) is 0 Å². The Hall–Kier alpha value is -1.26. The molecule has 0 aromatic heterocycles. The first-order valence-electron chi connectivity index (χ1n) is 6.26. The zero-order valence-corrected chi connectivity index (χ0v) is 10.6. The van der Waals surface area contributed by atoms with Crippen molar-refractivity contribution in [2.24, 2.45) is 11.8 Å². The van der Waals surface area contributed by atoms with Gasteiger partial charge in [0.05, 0.1) is 5.92 Å². The maximum absolute atomic E-state index is 11.7. The zero-order valence-electron chi connectivity index (χ0n) is 10.6. The molecule has 5 nitrogen and oxygen atoms in total. The van der Waals surface area contributed by atoms with Gasteiger partial charge in [0, 0.05) is 20.1 Å². The second-order valence-corrected chi connectivity index (χ2v) is 4.81. The van der Waals surface area contributed by atoms with Gasteiger partial charge in [0.15, 0.2) is 0 Å². The van der Waals surface area contributed by atoms with Crippen LogP contribution in [-0.2, 0) is 4.79 Å². The molecule has 1 rings (SSSR count). The molecule has 98 valence electrons. The van der Waals surface area contributed by atoms with E-state index in [9.17, 15) is 9.59 Å². The Morgan fingerprint density at radius 3 is 2.53 bits per heavy atom. The third-order valence-corrected chi connectivity index (χ3v) is 3.45. The average molecular weight is 242 g/mol. The number of nitrogens with one attached hydrogen (secondary N) is 1. The van der Waals surface area contributed by atoms with Gasteiger partial charge in [-0.25, -0.2) is 4.79 Å². The quantitative estimate of drug-likeness (QED) is 0.742. The normalized spacial score (nSPS) is 17.1. The lowest BCUT2D eigenvalue weighted by Crippen LogP contribution is -2.43. The summed E-state index contributed by atoms with van der Waals surface area (Å²) in [5, 5.41) is 11.5. The Balaban J connectivity index is 2.24. The van der Waals surface area contributed by atoms with Crippen LogP contribution in [0.4, 0.5) is 4.79 Å². The van der Waals surface area contributed by atoms with Crippen LogP contribution >= 0.6 is 0 Å². The van der Waals surface area contributed by atoms with Gasteiger partial charge in [0.2, 0.25) is 0 Å². The maximum Gasteiger partial charge on any atom is 0.317 e. The zero-order chi connectivity index (χ0) is 12.8. The van der Waals surface area contributed by atoms with E-state index in [0.717, 1.165) is 6.54 Å². The van der Waals surface area contributed by atoms with E-state index in [2.05, 4.69) is 5.32 Å². The van der Waals surface area contributed by atoms with Crippen molar-refractivity contribution in [3.8, 4) is 0 Å². The van der Waals surface area contributed by atoms with Crippen molar-refractivity contribution >= 4 is 12.0 Å². The van der Waals surface area contributed by atoms with Crippen LogP contribution in [0.3, 0.4) is 0 Å². The van der Waals surface area contributed by atoms with E-state index in [1.165, 1.54) is 19.3 Å². The molecule has 0 aromatic carbocycles. The molecule has 0 saturated heterocycles. The van der Waals surface area contributed by atoms with Crippen LogP contribution in [0.15, 0.2) is 0 Å². The summed E-state index contributed by atoms with van der Waals surface area (Å²) in [6.07, 6.45) is 4.19. The number of hydrogen-bond acceptors (Lipinski definition) is 2. The number of carbonyl (C=O) groups excluding carboxylic acids is 1. The molecule has 1 atom stereocenters. The summed E-state index contributed by atoms with van der Waals surface area (Å²) in [6.45, 7) is 2.79. The van der Waals surface area contributed by atoms with Crippen molar-refractivity contribution in [3.63, 3.8) is 0 Å². The molecule has 2 amide bonds. The summed E-state index contributed by atoms with van der Waals surface area (Å²) in [4.78, 5) is 24.1. The lowest BCUT2D eigenvalue weighted by Gasteiger charge is -2.30. The molecule has 1 fully saturated rings. The number of carbonyl (C=O) groups is 2. The molecule has 1 saturated carbocycles. The maximum atomic E-state index is 11.7. The van der Waals surface area contributed by atoms with Crippen molar-refractivity contribution in [2.75, 3.05) is 20.1 Å². The fourth-order valence-corrected chi connectivity index (χ4v) is 1.90. The molecule has 17 heavy (non-hydrogen) atoms. The summed E-state index contributed by atoms with van der Waals surface area (Å²) in [5.74, 6) is -0.710. The number of hydrogen-bond donors (Lipinski definition) is 2. The van der Waals surface area contributed by atoms with Gasteiger partial charge < -0.3 is 15.3 Å². The molecule has 0 spiro atoms. The highest BCUT2D eigenvalue weighted by atomic mass is 16.4. The second-order valence-electron chi connectivity index (χ2n) is 4.81. The Morgan fingerprint density at radius 1 is 1.47 bits per heavy atom. The molecule has 0 aliphatic heterocycles. The molecule has 0 radical (unpaired) electrons.